The van der Waals surface area contributed by atoms with Gasteiger partial charge in [-0.2, -0.15) is 0 Å². The van der Waals surface area contributed by atoms with Gasteiger partial charge in [-0.05, 0) is 23.6 Å². The number of thiophene rings is 2. The molecular weight excluding hydrogens is 200 g/mol. The third-order valence-corrected chi connectivity index (χ3v) is 3.90. The van der Waals surface area contributed by atoms with Gasteiger partial charge in [0.25, 0.3) is 0 Å². The molecule has 0 saturated carbocycles. The van der Waals surface area contributed by atoms with Crippen molar-refractivity contribution >= 4 is 42.8 Å². The highest BCUT2D eigenvalue weighted by molar-refractivity contribution is 7.21. The van der Waals surface area contributed by atoms with E-state index in [1.54, 1.807) is 11.3 Å². The Morgan fingerprint density at radius 2 is 1.85 bits per heavy atom. The van der Waals surface area contributed by atoms with Crippen LogP contribution in [0.2, 0.25) is 0 Å². The Kier molecular flexibility index (Phi) is 1.39. The largest absolute Gasteiger partial charge is 0.499 e. The van der Waals surface area contributed by atoms with Crippen molar-refractivity contribution in [3.63, 3.8) is 0 Å². The van der Waals surface area contributed by atoms with Gasteiger partial charge in [-0.1, -0.05) is 11.3 Å². The van der Waals surface area contributed by atoms with Crippen LogP contribution in [0.4, 0.5) is 0 Å². The lowest BCUT2D eigenvalue weighted by Crippen LogP contribution is -1.62. The molecule has 1 nitrogen and oxygen atoms in total. The van der Waals surface area contributed by atoms with Crippen molar-refractivity contribution in [2.24, 2.45) is 0 Å². The second-order valence-corrected chi connectivity index (χ2v) is 4.90. The lowest BCUT2D eigenvalue weighted by atomic mass is 10.2. The van der Waals surface area contributed by atoms with Crippen molar-refractivity contribution < 1.29 is 5.11 Å². The molecule has 0 aliphatic rings. The molecule has 0 radical (unpaired) electrons. The molecule has 0 aliphatic heterocycles. The Hall–Kier alpha value is -1.06. The Bertz CT molecular complexity index is 577. The highest BCUT2D eigenvalue weighted by Crippen LogP contribution is 2.36. The predicted octanol–water partition coefficient (Wildman–Crippen LogP) is 3.82. The summed E-state index contributed by atoms with van der Waals surface area (Å²) >= 11 is 3.16. The topological polar surface area (TPSA) is 20.2 Å². The van der Waals surface area contributed by atoms with Gasteiger partial charge in [0.2, 0.25) is 0 Å². The molecule has 1 aromatic carbocycles. The first-order chi connectivity index (χ1) is 6.34. The van der Waals surface area contributed by atoms with Crippen molar-refractivity contribution in [2.75, 3.05) is 0 Å². The molecule has 2 heterocycles. The summed E-state index contributed by atoms with van der Waals surface area (Å²) in [5.74, 6) is 0. The van der Waals surface area contributed by atoms with E-state index in [1.807, 2.05) is 6.07 Å². The Balaban J connectivity index is 2.64. The van der Waals surface area contributed by atoms with E-state index in [9.17, 15) is 5.11 Å². The molecule has 3 rings (SSSR count). The molecule has 3 heteroatoms. The molecule has 13 heavy (non-hydrogen) atoms. The minimum Gasteiger partial charge on any atom is -0.499 e. The van der Waals surface area contributed by atoms with Crippen molar-refractivity contribution in [2.45, 2.75) is 0 Å². The van der Waals surface area contributed by atoms with Crippen LogP contribution in [0, 0.1) is 0 Å². The lowest BCUT2D eigenvalue weighted by Gasteiger charge is -1.90. The zero-order valence-corrected chi connectivity index (χ0v) is 8.28. The van der Waals surface area contributed by atoms with Crippen LogP contribution < -0.4 is 0 Å². The van der Waals surface area contributed by atoms with Gasteiger partial charge in [-0.25, -0.2) is 0 Å². The summed E-state index contributed by atoms with van der Waals surface area (Å²) in [6, 6.07) is 8.13. The molecule has 64 valence electrons. The summed E-state index contributed by atoms with van der Waals surface area (Å²) in [5.41, 5.74) is 0. The number of aromatic hydroxyl groups is 1. The molecule has 0 spiro atoms. The average molecular weight is 206 g/mol. The van der Waals surface area contributed by atoms with Crippen molar-refractivity contribution in [1.29, 1.82) is 0 Å². The van der Waals surface area contributed by atoms with Gasteiger partial charge < -0.3 is 5.11 Å². The molecule has 0 bridgehead atoms. The maximum absolute atomic E-state index is 9.38. The highest BCUT2D eigenvalue weighted by atomic mass is 32.1. The monoisotopic (exact) mass is 206 g/mol. The molecule has 0 fully saturated rings. The second kappa shape index (κ2) is 2.47. The number of rotatable bonds is 0. The maximum Gasteiger partial charge on any atom is 0.172 e. The summed E-state index contributed by atoms with van der Waals surface area (Å²) < 4.78 is 2.44. The number of benzene rings is 1. The van der Waals surface area contributed by atoms with E-state index in [-0.39, 0.29) is 0 Å². The van der Waals surface area contributed by atoms with Crippen LogP contribution in [0.25, 0.3) is 20.2 Å². The molecule has 1 N–H and O–H groups in total. The number of hydrogen-bond donors (Lipinski definition) is 1. The Morgan fingerprint density at radius 3 is 2.77 bits per heavy atom. The molecular formula is C10H6OS2. The van der Waals surface area contributed by atoms with Crippen LogP contribution in [0.15, 0.2) is 29.6 Å². The summed E-state index contributed by atoms with van der Waals surface area (Å²) in [6.07, 6.45) is 0. The molecule has 0 amide bonds. The fraction of sp³-hybridized carbons (Fsp3) is 0. The van der Waals surface area contributed by atoms with E-state index in [1.165, 1.54) is 26.8 Å². The van der Waals surface area contributed by atoms with Gasteiger partial charge >= 0.3 is 0 Å². The molecule has 3 aromatic rings. The Morgan fingerprint density at radius 1 is 1.00 bits per heavy atom. The predicted molar refractivity (Wildman–Crippen MR) is 58.9 cm³/mol. The van der Waals surface area contributed by atoms with Gasteiger partial charge in [-0.15, -0.1) is 11.3 Å². The SMILES string of the molecule is Oc1cc2c(ccc3sccc32)s1. The smallest absolute Gasteiger partial charge is 0.172 e. The van der Waals surface area contributed by atoms with Crippen molar-refractivity contribution in [3.05, 3.63) is 29.6 Å². The van der Waals surface area contributed by atoms with E-state index >= 15 is 0 Å². The van der Waals surface area contributed by atoms with E-state index in [0.29, 0.717) is 5.06 Å². The van der Waals surface area contributed by atoms with Crippen molar-refractivity contribution in [1.82, 2.24) is 0 Å². The lowest BCUT2D eigenvalue weighted by molar-refractivity contribution is 0.491. The first-order valence-electron chi connectivity index (χ1n) is 3.93. The summed E-state index contributed by atoms with van der Waals surface area (Å²) in [5, 5.41) is 14.3. The molecule has 0 saturated heterocycles. The summed E-state index contributed by atoms with van der Waals surface area (Å²) in [6.45, 7) is 0. The van der Waals surface area contributed by atoms with Crippen molar-refractivity contribution in [3.8, 4) is 5.06 Å². The standard InChI is InChI=1S/C10H6OS2/c11-10-5-7-6-3-4-12-8(6)1-2-9(7)13-10/h1-5,11H. The zero-order chi connectivity index (χ0) is 8.84. The maximum atomic E-state index is 9.38. The minimum atomic E-state index is 0.397. The quantitative estimate of drug-likeness (QED) is 0.592. The molecule has 2 aromatic heterocycles. The van der Waals surface area contributed by atoms with Crippen LogP contribution in [-0.2, 0) is 0 Å². The third kappa shape index (κ3) is 0.975. The second-order valence-electron chi connectivity index (χ2n) is 2.89. The highest BCUT2D eigenvalue weighted by Gasteiger charge is 2.04. The fourth-order valence-corrected chi connectivity index (χ4v) is 3.17. The van der Waals surface area contributed by atoms with Gasteiger partial charge in [0.15, 0.2) is 5.06 Å². The average Bonchev–Trinajstić information content (AvgIpc) is 2.65. The zero-order valence-electron chi connectivity index (χ0n) is 6.65. The first kappa shape index (κ1) is 7.35. The van der Waals surface area contributed by atoms with E-state index in [4.69, 9.17) is 0 Å². The minimum absolute atomic E-state index is 0.397. The van der Waals surface area contributed by atoms with Crippen LogP contribution in [0.3, 0.4) is 0 Å². The van der Waals surface area contributed by atoms with Crippen LogP contribution >= 0.6 is 22.7 Å². The van der Waals surface area contributed by atoms with Crippen LogP contribution in [0.1, 0.15) is 0 Å². The van der Waals surface area contributed by atoms with E-state index in [2.05, 4.69) is 23.6 Å². The van der Waals surface area contributed by atoms with Gasteiger partial charge in [0, 0.05) is 26.2 Å². The van der Waals surface area contributed by atoms with Crippen LogP contribution in [0.5, 0.6) is 5.06 Å². The van der Waals surface area contributed by atoms with Gasteiger partial charge in [0.1, 0.15) is 0 Å². The molecule has 0 aliphatic carbocycles. The van der Waals surface area contributed by atoms with Crippen LogP contribution in [-0.4, -0.2) is 5.11 Å². The summed E-state index contributed by atoms with van der Waals surface area (Å²) in [4.78, 5) is 0. The van der Waals surface area contributed by atoms with E-state index < -0.39 is 0 Å². The van der Waals surface area contributed by atoms with Gasteiger partial charge in [0.05, 0.1) is 0 Å². The Labute approximate surface area is 82.9 Å². The summed E-state index contributed by atoms with van der Waals surface area (Å²) in [7, 11) is 0. The first-order valence-corrected chi connectivity index (χ1v) is 5.63. The number of fused-ring (bicyclic) bond motifs is 3. The fourth-order valence-electron chi connectivity index (χ4n) is 1.55. The third-order valence-electron chi connectivity index (χ3n) is 2.12. The normalized spacial score (nSPS) is 11.4. The molecule has 0 atom stereocenters. The molecule has 0 unspecified atom stereocenters. The number of hydrogen-bond acceptors (Lipinski definition) is 3. The van der Waals surface area contributed by atoms with Gasteiger partial charge in [-0.3, -0.25) is 0 Å². The van der Waals surface area contributed by atoms with E-state index in [0.717, 1.165) is 4.70 Å².